The van der Waals surface area contributed by atoms with Crippen LogP contribution in [-0.2, 0) is 4.57 Å². The van der Waals surface area contributed by atoms with E-state index in [-0.39, 0.29) is 0 Å². The van der Waals surface area contributed by atoms with Crippen LogP contribution < -0.4 is 13.9 Å². The summed E-state index contributed by atoms with van der Waals surface area (Å²) in [6.07, 6.45) is 0. The van der Waals surface area contributed by atoms with Gasteiger partial charge < -0.3 is 4.57 Å². The first-order chi connectivity index (χ1) is 9.50. The minimum absolute atomic E-state index is 0.999. The minimum atomic E-state index is -2.66. The Morgan fingerprint density at radius 2 is 1.00 bits per heavy atom. The van der Waals surface area contributed by atoms with E-state index in [9.17, 15) is 4.57 Å². The Morgan fingerprint density at radius 1 is 0.700 bits per heavy atom. The molecule has 0 N–H and O–H groups in total. The van der Waals surface area contributed by atoms with Gasteiger partial charge in [-0.15, -0.1) is 34.0 Å². The molecule has 20 heavy (non-hydrogen) atoms. The topological polar surface area (TPSA) is 17.1 Å². The van der Waals surface area contributed by atoms with E-state index < -0.39 is 7.14 Å². The lowest BCUT2D eigenvalue weighted by Gasteiger charge is -2.13. The maximum Gasteiger partial charge on any atom is 0.199 e. The average molecular weight is 338 g/mol. The largest absolute Gasteiger partial charge is 0.306 e. The summed E-state index contributed by atoms with van der Waals surface area (Å²) in [5.41, 5.74) is 3.56. The maximum absolute atomic E-state index is 13.9. The van der Waals surface area contributed by atoms with E-state index in [1.165, 1.54) is 16.7 Å². The van der Waals surface area contributed by atoms with Crippen LogP contribution in [0, 0.1) is 20.8 Å². The molecule has 0 saturated carbocycles. The molecular weight excluding hydrogens is 323 g/mol. The molecule has 0 fully saturated rings. The van der Waals surface area contributed by atoms with Crippen LogP contribution in [0.5, 0.6) is 0 Å². The van der Waals surface area contributed by atoms with Crippen LogP contribution in [0.25, 0.3) is 0 Å². The van der Waals surface area contributed by atoms with E-state index in [4.69, 9.17) is 0 Å². The molecule has 0 aliphatic carbocycles. The summed E-state index contributed by atoms with van der Waals surface area (Å²) < 4.78 is 16.9. The first-order valence-corrected chi connectivity index (χ1v) is 10.6. The van der Waals surface area contributed by atoms with Crippen molar-refractivity contribution in [2.45, 2.75) is 20.8 Å². The monoisotopic (exact) mass is 338 g/mol. The van der Waals surface area contributed by atoms with E-state index in [0.29, 0.717) is 0 Å². The van der Waals surface area contributed by atoms with Crippen LogP contribution in [0.15, 0.2) is 34.3 Å². The van der Waals surface area contributed by atoms with E-state index in [1.807, 2.05) is 0 Å². The quantitative estimate of drug-likeness (QED) is 0.646. The maximum atomic E-state index is 13.9. The highest BCUT2D eigenvalue weighted by Crippen LogP contribution is 2.47. The summed E-state index contributed by atoms with van der Waals surface area (Å²) in [6, 6.07) is 6.24. The predicted octanol–water partition coefficient (Wildman–Crippen LogP) is 4.44. The lowest BCUT2D eigenvalue weighted by molar-refractivity contribution is 0.593. The van der Waals surface area contributed by atoms with Crippen molar-refractivity contribution in [3.8, 4) is 0 Å². The zero-order chi connectivity index (χ0) is 14.3. The standard InChI is InChI=1S/C15H15OPS3/c1-10-4-13(18-7-10)17(16,14-5-11(2)8-19-14)15-6-12(3)9-20-15/h4-9H,1-3H3. The fourth-order valence-corrected chi connectivity index (χ4v) is 10.3. The van der Waals surface area contributed by atoms with Gasteiger partial charge in [-0.2, -0.15) is 0 Å². The minimum Gasteiger partial charge on any atom is -0.306 e. The first-order valence-electron chi connectivity index (χ1n) is 6.27. The van der Waals surface area contributed by atoms with E-state index in [2.05, 4.69) is 55.1 Å². The van der Waals surface area contributed by atoms with Crippen LogP contribution in [0.4, 0.5) is 0 Å². The van der Waals surface area contributed by atoms with Crippen LogP contribution in [0.3, 0.4) is 0 Å². The molecule has 0 aromatic carbocycles. The molecule has 104 valence electrons. The molecule has 0 unspecified atom stereocenters. The molecular formula is C15H15OPS3. The molecule has 3 aromatic rings. The Labute approximate surface area is 131 Å². The van der Waals surface area contributed by atoms with Gasteiger partial charge in [0.15, 0.2) is 7.14 Å². The Morgan fingerprint density at radius 3 is 1.20 bits per heavy atom. The molecule has 0 aliphatic rings. The normalized spacial score (nSPS) is 11.9. The molecule has 3 rings (SSSR count). The number of rotatable bonds is 3. The van der Waals surface area contributed by atoms with Crippen LogP contribution in [0.2, 0.25) is 0 Å². The number of hydrogen-bond acceptors (Lipinski definition) is 4. The average Bonchev–Trinajstić information content (AvgIpc) is 3.10. The molecule has 0 bridgehead atoms. The van der Waals surface area contributed by atoms with Gasteiger partial charge in [-0.3, -0.25) is 0 Å². The highest BCUT2D eigenvalue weighted by atomic mass is 32.1. The van der Waals surface area contributed by atoms with Crippen molar-refractivity contribution in [1.82, 2.24) is 0 Å². The van der Waals surface area contributed by atoms with Gasteiger partial charge >= 0.3 is 0 Å². The fourth-order valence-electron chi connectivity index (χ4n) is 2.07. The number of thiophene rings is 3. The third kappa shape index (κ3) is 2.35. The number of hydrogen-bond donors (Lipinski definition) is 0. The fraction of sp³-hybridized carbons (Fsp3) is 0.200. The van der Waals surface area contributed by atoms with Gasteiger partial charge in [-0.1, -0.05) is 0 Å². The second-order valence-electron chi connectivity index (χ2n) is 5.00. The van der Waals surface area contributed by atoms with Crippen LogP contribution in [0.1, 0.15) is 16.7 Å². The highest BCUT2D eigenvalue weighted by Gasteiger charge is 2.33. The van der Waals surface area contributed by atoms with E-state index in [1.54, 1.807) is 34.0 Å². The van der Waals surface area contributed by atoms with Crippen molar-refractivity contribution in [3.05, 3.63) is 51.0 Å². The van der Waals surface area contributed by atoms with Gasteiger partial charge in [-0.05, 0) is 71.8 Å². The second kappa shape index (κ2) is 5.27. The number of aryl methyl sites for hydroxylation is 3. The summed E-state index contributed by atoms with van der Waals surface area (Å²) in [5.74, 6) is 0. The SMILES string of the molecule is Cc1csc(P(=O)(c2cc(C)cs2)c2cc(C)cs2)c1. The smallest absolute Gasteiger partial charge is 0.199 e. The van der Waals surface area contributed by atoms with E-state index in [0.717, 1.165) is 13.9 Å². The lowest BCUT2D eigenvalue weighted by Crippen LogP contribution is -2.19. The van der Waals surface area contributed by atoms with Crippen molar-refractivity contribution in [2.75, 3.05) is 0 Å². The third-order valence-corrected chi connectivity index (χ3v) is 11.1. The first kappa shape index (κ1) is 14.3. The van der Waals surface area contributed by atoms with E-state index >= 15 is 0 Å². The van der Waals surface area contributed by atoms with Crippen molar-refractivity contribution >= 4 is 55.0 Å². The Hall–Kier alpha value is -0.670. The summed E-state index contributed by atoms with van der Waals surface area (Å²) in [5, 5.41) is 6.26. The predicted molar refractivity (Wildman–Crippen MR) is 93.7 cm³/mol. The van der Waals surface area contributed by atoms with Crippen LogP contribution >= 0.6 is 41.2 Å². The molecule has 0 amide bonds. The van der Waals surface area contributed by atoms with Crippen LogP contribution in [-0.4, -0.2) is 0 Å². The molecule has 0 atom stereocenters. The summed E-state index contributed by atoms with van der Waals surface area (Å²) in [4.78, 5) is 0. The zero-order valence-electron chi connectivity index (χ0n) is 11.5. The van der Waals surface area contributed by atoms with Crippen molar-refractivity contribution in [1.29, 1.82) is 0 Å². The molecule has 5 heteroatoms. The van der Waals surface area contributed by atoms with Crippen molar-refractivity contribution < 1.29 is 4.57 Å². The molecule has 0 saturated heterocycles. The van der Waals surface area contributed by atoms with Gasteiger partial charge in [0.1, 0.15) is 0 Å². The molecule has 0 spiro atoms. The van der Waals surface area contributed by atoms with Gasteiger partial charge in [0.2, 0.25) is 0 Å². The molecule has 0 aliphatic heterocycles. The summed E-state index contributed by atoms with van der Waals surface area (Å²) in [7, 11) is -2.66. The summed E-state index contributed by atoms with van der Waals surface area (Å²) in [6.45, 7) is 6.18. The Balaban J connectivity index is 2.25. The molecule has 3 aromatic heterocycles. The van der Waals surface area contributed by atoms with Gasteiger partial charge in [-0.25, -0.2) is 0 Å². The van der Waals surface area contributed by atoms with Crippen molar-refractivity contribution in [2.24, 2.45) is 0 Å². The third-order valence-electron chi connectivity index (χ3n) is 3.08. The van der Waals surface area contributed by atoms with Gasteiger partial charge in [0.05, 0.1) is 13.9 Å². The zero-order valence-corrected chi connectivity index (χ0v) is 14.9. The highest BCUT2D eigenvalue weighted by molar-refractivity contribution is 7.95. The van der Waals surface area contributed by atoms with Gasteiger partial charge in [0.25, 0.3) is 0 Å². The summed E-state index contributed by atoms with van der Waals surface area (Å²) >= 11 is 4.84. The lowest BCUT2D eigenvalue weighted by atomic mass is 10.4. The Kier molecular flexibility index (Phi) is 3.76. The molecule has 1 nitrogen and oxygen atoms in total. The second-order valence-corrected chi connectivity index (χ2v) is 11.3. The molecule has 0 radical (unpaired) electrons. The van der Waals surface area contributed by atoms with Crippen molar-refractivity contribution in [3.63, 3.8) is 0 Å². The van der Waals surface area contributed by atoms with Gasteiger partial charge in [0, 0.05) is 0 Å². The molecule has 3 heterocycles. The Bertz CT molecular complexity index is 688.